The summed E-state index contributed by atoms with van der Waals surface area (Å²) in [5, 5.41) is 13.8. The minimum atomic E-state index is 0.00267. The Morgan fingerprint density at radius 3 is 2.38 bits per heavy atom. The van der Waals surface area contributed by atoms with Gasteiger partial charge in [0.05, 0.1) is 17.6 Å². The van der Waals surface area contributed by atoms with Gasteiger partial charge in [-0.1, -0.05) is 51.5 Å². The van der Waals surface area contributed by atoms with E-state index in [-0.39, 0.29) is 6.61 Å². The zero-order valence-electron chi connectivity index (χ0n) is 19.7. The highest BCUT2D eigenvalue weighted by Crippen LogP contribution is 2.31. The molecule has 0 aliphatic rings. The molecule has 2 aromatic carbocycles. The number of hydrogen-bond donors (Lipinski definition) is 3. The zero-order chi connectivity index (χ0) is 23.1. The molecular formula is C26H35N5O. The van der Waals surface area contributed by atoms with Crippen LogP contribution in [0, 0.1) is 0 Å². The number of aryl methyl sites for hydroxylation is 3. The number of rotatable bonds is 8. The molecule has 0 saturated heterocycles. The number of unbranched alkanes of at least 4 members (excludes halogenated alkanes) is 1. The third-order valence-electron chi connectivity index (χ3n) is 5.60. The number of hydrogen-bond acceptors (Lipinski definition) is 5. The van der Waals surface area contributed by atoms with E-state index in [0.717, 1.165) is 77.1 Å². The molecule has 0 atom stereocenters. The number of nitrogens with two attached hydrogens (primary N) is 1. The summed E-state index contributed by atoms with van der Waals surface area (Å²) in [5.74, 6) is 1.87. The van der Waals surface area contributed by atoms with Crippen molar-refractivity contribution in [2.75, 3.05) is 18.1 Å². The Labute approximate surface area is 190 Å². The predicted molar refractivity (Wildman–Crippen MR) is 135 cm³/mol. The third-order valence-corrected chi connectivity index (χ3v) is 5.60. The van der Waals surface area contributed by atoms with Gasteiger partial charge in [-0.05, 0) is 42.2 Å². The van der Waals surface area contributed by atoms with Crippen LogP contribution in [0.2, 0.25) is 0 Å². The van der Waals surface area contributed by atoms with Crippen molar-refractivity contribution in [2.24, 2.45) is 0 Å². The Morgan fingerprint density at radius 2 is 1.72 bits per heavy atom. The first-order valence-corrected chi connectivity index (χ1v) is 11.6. The van der Waals surface area contributed by atoms with Gasteiger partial charge in [0.25, 0.3) is 0 Å². The molecule has 6 nitrogen and oxygen atoms in total. The van der Waals surface area contributed by atoms with Gasteiger partial charge < -0.3 is 20.7 Å². The number of nitrogens with zero attached hydrogens (tertiary/aromatic N) is 3. The third kappa shape index (κ3) is 4.86. The molecule has 2 aromatic heterocycles. The number of imidazole rings is 1. The lowest BCUT2D eigenvalue weighted by molar-refractivity contribution is 0.282. The van der Waals surface area contributed by atoms with E-state index >= 15 is 0 Å². The van der Waals surface area contributed by atoms with Crippen molar-refractivity contribution in [3.63, 3.8) is 0 Å². The Hall–Kier alpha value is -3.12. The zero-order valence-corrected chi connectivity index (χ0v) is 19.7. The van der Waals surface area contributed by atoms with Gasteiger partial charge in [-0.25, -0.2) is 9.97 Å². The molecular weight excluding hydrogens is 398 g/mol. The minimum Gasteiger partial charge on any atom is -0.399 e. The van der Waals surface area contributed by atoms with Crippen LogP contribution in [-0.4, -0.2) is 26.7 Å². The highest BCUT2D eigenvalue weighted by atomic mass is 16.3. The van der Waals surface area contributed by atoms with Crippen LogP contribution in [0.3, 0.4) is 0 Å². The molecule has 0 saturated carbocycles. The van der Waals surface area contributed by atoms with Crippen LogP contribution in [0.4, 0.5) is 11.5 Å². The molecule has 2 heterocycles. The lowest BCUT2D eigenvalue weighted by Gasteiger charge is -2.12. The van der Waals surface area contributed by atoms with E-state index in [9.17, 15) is 5.11 Å². The van der Waals surface area contributed by atoms with Crippen molar-refractivity contribution in [3.8, 4) is 0 Å². The number of nitrogen functional groups attached to an aromatic ring is 1. The van der Waals surface area contributed by atoms with Gasteiger partial charge >= 0.3 is 0 Å². The quantitative estimate of drug-likeness (QED) is 0.328. The van der Waals surface area contributed by atoms with Crippen molar-refractivity contribution in [3.05, 3.63) is 59.4 Å². The number of benzene rings is 2. The lowest BCUT2D eigenvalue weighted by atomic mass is 10.1. The number of aliphatic hydroxyl groups is 1. The minimum absolute atomic E-state index is 0.00267. The van der Waals surface area contributed by atoms with Crippen molar-refractivity contribution < 1.29 is 5.11 Å². The van der Waals surface area contributed by atoms with E-state index in [1.807, 2.05) is 45.2 Å². The second kappa shape index (κ2) is 11.0. The maximum atomic E-state index is 9.55. The molecule has 4 rings (SSSR count). The van der Waals surface area contributed by atoms with E-state index in [1.54, 1.807) is 0 Å². The molecule has 0 amide bonds. The van der Waals surface area contributed by atoms with Crippen LogP contribution in [0.5, 0.6) is 0 Å². The fourth-order valence-corrected chi connectivity index (χ4v) is 3.95. The van der Waals surface area contributed by atoms with E-state index < -0.39 is 0 Å². The Bertz CT molecular complexity index is 1160. The summed E-state index contributed by atoms with van der Waals surface area (Å²) >= 11 is 0. The molecule has 6 heteroatoms. The molecule has 0 aliphatic heterocycles. The second-order valence-corrected chi connectivity index (χ2v) is 7.69. The summed E-state index contributed by atoms with van der Waals surface area (Å²) < 4.78 is 2.35. The van der Waals surface area contributed by atoms with Gasteiger partial charge in [0.2, 0.25) is 0 Å². The highest BCUT2D eigenvalue weighted by Gasteiger charge is 2.18. The first kappa shape index (κ1) is 23.5. The van der Waals surface area contributed by atoms with Gasteiger partial charge in [-0.3, -0.25) is 0 Å². The lowest BCUT2D eigenvalue weighted by Crippen LogP contribution is -2.07. The van der Waals surface area contributed by atoms with E-state index in [4.69, 9.17) is 15.7 Å². The van der Waals surface area contributed by atoms with Crippen LogP contribution in [-0.2, 0) is 26.0 Å². The normalized spacial score (nSPS) is 10.9. The molecule has 0 aliphatic carbocycles. The molecule has 0 unspecified atom stereocenters. The fraction of sp³-hybridized carbons (Fsp3) is 0.385. The highest BCUT2D eigenvalue weighted by molar-refractivity contribution is 6.07. The van der Waals surface area contributed by atoms with Crippen LogP contribution >= 0.6 is 0 Å². The van der Waals surface area contributed by atoms with E-state index in [1.165, 1.54) is 5.56 Å². The van der Waals surface area contributed by atoms with Crippen molar-refractivity contribution in [1.29, 1.82) is 0 Å². The Kier molecular flexibility index (Phi) is 8.06. The average Bonchev–Trinajstić information content (AvgIpc) is 3.21. The summed E-state index contributed by atoms with van der Waals surface area (Å²) in [6.45, 7) is 7.04. The fourth-order valence-electron chi connectivity index (χ4n) is 3.95. The summed E-state index contributed by atoms with van der Waals surface area (Å²) in [4.78, 5) is 9.79. The molecule has 170 valence electrons. The molecule has 4 aromatic rings. The number of anilines is 2. The van der Waals surface area contributed by atoms with Crippen molar-refractivity contribution in [1.82, 2.24) is 14.5 Å². The van der Waals surface area contributed by atoms with Crippen molar-refractivity contribution >= 4 is 33.4 Å². The average molecular weight is 434 g/mol. The maximum absolute atomic E-state index is 9.55. The number of aromatic nitrogens is 3. The molecule has 4 N–H and O–H groups in total. The second-order valence-electron chi connectivity index (χ2n) is 7.69. The smallest absolute Gasteiger partial charge is 0.154 e. The van der Waals surface area contributed by atoms with E-state index in [0.29, 0.717) is 0 Å². The number of pyridine rings is 1. The molecule has 0 bridgehead atoms. The topological polar surface area (TPSA) is 89.0 Å². The largest absolute Gasteiger partial charge is 0.399 e. The van der Waals surface area contributed by atoms with Gasteiger partial charge in [0, 0.05) is 31.1 Å². The van der Waals surface area contributed by atoms with Crippen LogP contribution in [0.15, 0.2) is 42.5 Å². The number of nitrogens with one attached hydrogen (secondary N) is 1. The number of fused-ring (bicyclic) bond motifs is 3. The van der Waals surface area contributed by atoms with E-state index in [2.05, 4.69) is 35.0 Å². The van der Waals surface area contributed by atoms with Gasteiger partial charge in [0.1, 0.15) is 11.3 Å². The predicted octanol–water partition coefficient (Wildman–Crippen LogP) is 5.31. The molecule has 0 radical (unpaired) electrons. The first-order chi connectivity index (χ1) is 15.6. The van der Waals surface area contributed by atoms with Gasteiger partial charge in [-0.15, -0.1) is 0 Å². The van der Waals surface area contributed by atoms with Crippen LogP contribution in [0.1, 0.15) is 50.6 Å². The molecule has 32 heavy (non-hydrogen) atoms. The Balaban J connectivity index is 0.00000141. The van der Waals surface area contributed by atoms with Crippen LogP contribution < -0.4 is 11.1 Å². The maximum Gasteiger partial charge on any atom is 0.154 e. The van der Waals surface area contributed by atoms with Crippen molar-refractivity contribution in [2.45, 2.75) is 59.6 Å². The monoisotopic (exact) mass is 433 g/mol. The summed E-state index contributed by atoms with van der Waals surface area (Å²) in [5.41, 5.74) is 11.6. The summed E-state index contributed by atoms with van der Waals surface area (Å²) in [6, 6.07) is 14.1. The molecule has 0 spiro atoms. The Morgan fingerprint density at radius 1 is 1.00 bits per heavy atom. The summed E-state index contributed by atoms with van der Waals surface area (Å²) in [6.07, 6.45) is 4.06. The first-order valence-electron chi connectivity index (χ1n) is 11.6. The molecule has 0 fully saturated rings. The SMILES string of the molecule is CC.CCCCc1nc2c(NC)nc3cc(CO)ccc3c2n1CCc1ccc(N)cc1. The van der Waals surface area contributed by atoms with Crippen LogP contribution in [0.25, 0.3) is 21.9 Å². The standard InChI is InChI=1S/C24H29N5O.C2H6/c1-3-4-5-21-28-22-23(29(21)13-12-16-6-9-18(25)10-7-16)19-11-8-17(15-30)14-20(19)27-24(22)26-2;1-2/h6-11,14,30H,3-5,12-13,15,25H2,1-2H3,(H,26,27);1-2H3. The summed E-state index contributed by atoms with van der Waals surface area (Å²) in [7, 11) is 1.88. The number of aliphatic hydroxyl groups excluding tert-OH is 1. The van der Waals surface area contributed by atoms with Gasteiger partial charge in [0.15, 0.2) is 5.82 Å². The van der Waals surface area contributed by atoms with Gasteiger partial charge in [-0.2, -0.15) is 0 Å².